The quantitative estimate of drug-likeness (QED) is 0.747. The zero-order valence-electron chi connectivity index (χ0n) is 15.7. The van der Waals surface area contributed by atoms with E-state index in [0.717, 1.165) is 31.1 Å². The van der Waals surface area contributed by atoms with Gasteiger partial charge in [0.1, 0.15) is 11.9 Å². The fourth-order valence-corrected chi connectivity index (χ4v) is 4.83. The number of halogens is 1. The molecule has 5 rings (SSSR count). The molecule has 2 saturated carbocycles. The lowest BCUT2D eigenvalue weighted by atomic mass is 9.83. The molecule has 7 heteroatoms. The lowest BCUT2D eigenvalue weighted by Gasteiger charge is -2.38. The van der Waals surface area contributed by atoms with Gasteiger partial charge in [-0.3, -0.25) is 0 Å². The van der Waals surface area contributed by atoms with Crippen molar-refractivity contribution in [1.82, 2.24) is 20.4 Å². The average Bonchev–Trinajstić information content (AvgIpc) is 3.13. The molecule has 2 aromatic heterocycles. The number of hydrogen-bond acceptors (Lipinski definition) is 6. The molecule has 2 heterocycles. The third-order valence-electron chi connectivity index (χ3n) is 6.39. The highest BCUT2D eigenvalue weighted by Crippen LogP contribution is 2.45. The van der Waals surface area contributed by atoms with Crippen LogP contribution in [0.15, 0.2) is 36.5 Å². The van der Waals surface area contributed by atoms with Crippen molar-refractivity contribution in [2.24, 2.45) is 11.8 Å². The molecule has 2 fully saturated rings. The van der Waals surface area contributed by atoms with Gasteiger partial charge in [-0.25, -0.2) is 4.39 Å². The van der Waals surface area contributed by atoms with E-state index in [1.165, 1.54) is 0 Å². The lowest BCUT2D eigenvalue weighted by molar-refractivity contribution is 0.144. The van der Waals surface area contributed by atoms with Crippen LogP contribution in [-0.4, -0.2) is 44.8 Å². The number of alkyl halides is 1. The summed E-state index contributed by atoms with van der Waals surface area (Å²) in [5, 5.41) is 27.7. The predicted molar refractivity (Wildman–Crippen MR) is 105 cm³/mol. The van der Waals surface area contributed by atoms with Gasteiger partial charge in [0.2, 0.25) is 0 Å². The number of rotatable bonds is 3. The van der Waals surface area contributed by atoms with Crippen LogP contribution < -0.4 is 4.90 Å². The summed E-state index contributed by atoms with van der Waals surface area (Å²) in [6, 6.07) is 8.69. The summed E-state index contributed by atoms with van der Waals surface area (Å²) in [4.78, 5) is 1.93. The molecule has 2 aliphatic carbocycles. The summed E-state index contributed by atoms with van der Waals surface area (Å²) in [7, 11) is 1.90. The van der Waals surface area contributed by atoms with Crippen LogP contribution in [0.4, 0.5) is 10.2 Å². The topological polar surface area (TPSA) is 75.0 Å². The number of phenols is 1. The number of nitrogens with zero attached hydrogens (tertiary/aromatic N) is 5. The lowest BCUT2D eigenvalue weighted by Crippen LogP contribution is -2.46. The van der Waals surface area contributed by atoms with Gasteiger partial charge in [-0.2, -0.15) is 10.2 Å². The predicted octanol–water partition coefficient (Wildman–Crippen LogP) is 3.76. The van der Waals surface area contributed by atoms with Crippen LogP contribution in [0.2, 0.25) is 0 Å². The maximum Gasteiger partial charge on any atom is 0.151 e. The van der Waals surface area contributed by atoms with E-state index >= 15 is 0 Å². The molecule has 3 aromatic rings. The van der Waals surface area contributed by atoms with Gasteiger partial charge in [0.15, 0.2) is 5.82 Å². The van der Waals surface area contributed by atoms with Gasteiger partial charge in [-0.05, 0) is 67.9 Å². The molecule has 2 bridgehead atoms. The molecule has 4 atom stereocenters. The minimum absolute atomic E-state index is 0.114. The number of hydrogen-bond donors (Lipinski definition) is 1. The van der Waals surface area contributed by atoms with Crippen molar-refractivity contribution in [3.63, 3.8) is 0 Å². The van der Waals surface area contributed by atoms with Crippen molar-refractivity contribution < 1.29 is 9.50 Å². The van der Waals surface area contributed by atoms with Gasteiger partial charge in [0, 0.05) is 18.0 Å². The van der Waals surface area contributed by atoms with E-state index in [-0.39, 0.29) is 17.7 Å². The van der Waals surface area contributed by atoms with Crippen LogP contribution >= 0.6 is 0 Å². The second kappa shape index (κ2) is 6.65. The molecule has 6 nitrogen and oxygen atoms in total. The molecule has 0 aliphatic heterocycles. The first kappa shape index (κ1) is 17.3. The zero-order valence-corrected chi connectivity index (χ0v) is 15.7. The SMILES string of the molecule is CN(c1ccc(-c2cc3nnccc3cc2O)nn1)[C@@H]1C[C@H]2CC[C@H](C2)[C@@H]1F. The fraction of sp³-hybridized carbons (Fsp3) is 0.429. The van der Waals surface area contributed by atoms with Gasteiger partial charge in [-0.15, -0.1) is 10.2 Å². The van der Waals surface area contributed by atoms with E-state index in [9.17, 15) is 9.50 Å². The summed E-state index contributed by atoms with van der Waals surface area (Å²) < 4.78 is 14.9. The molecule has 144 valence electrons. The molecule has 0 spiro atoms. The highest BCUT2D eigenvalue weighted by molar-refractivity contribution is 5.86. The normalized spacial score (nSPS) is 26.5. The summed E-state index contributed by atoms with van der Waals surface area (Å²) in [5.41, 5.74) is 1.77. The van der Waals surface area contributed by atoms with E-state index in [4.69, 9.17) is 0 Å². The van der Waals surface area contributed by atoms with E-state index in [0.29, 0.717) is 28.5 Å². The van der Waals surface area contributed by atoms with Gasteiger partial charge in [0.25, 0.3) is 0 Å². The molecule has 1 aromatic carbocycles. The van der Waals surface area contributed by atoms with Gasteiger partial charge in [0.05, 0.1) is 23.4 Å². The largest absolute Gasteiger partial charge is 0.507 e. The van der Waals surface area contributed by atoms with Crippen LogP contribution in [0, 0.1) is 11.8 Å². The van der Waals surface area contributed by atoms with Crippen molar-refractivity contribution in [1.29, 1.82) is 0 Å². The highest BCUT2D eigenvalue weighted by Gasteiger charge is 2.44. The Morgan fingerprint density at radius 2 is 1.96 bits per heavy atom. The van der Waals surface area contributed by atoms with Crippen molar-refractivity contribution in [3.8, 4) is 17.0 Å². The highest BCUT2D eigenvalue weighted by atomic mass is 19.1. The third-order valence-corrected chi connectivity index (χ3v) is 6.39. The third kappa shape index (κ3) is 2.85. The number of aromatic hydroxyl groups is 1. The maximum atomic E-state index is 14.9. The Morgan fingerprint density at radius 1 is 1.07 bits per heavy atom. The standard InChI is InChI=1S/C21H22FN5O/c1-27(18-9-12-2-3-14(8-12)21(18)22)20-5-4-16(25-26-20)15-11-17-13(10-19(15)28)6-7-23-24-17/h4-7,10-12,14,18,21,28H,2-3,8-9H2,1H3/t12-,14+,18+,21-/m0/s1. The van der Waals surface area contributed by atoms with Crippen LogP contribution in [0.1, 0.15) is 25.7 Å². The zero-order chi connectivity index (χ0) is 19.3. The monoisotopic (exact) mass is 379 g/mol. The Morgan fingerprint density at radius 3 is 2.79 bits per heavy atom. The number of aromatic nitrogens is 4. The van der Waals surface area contributed by atoms with Crippen molar-refractivity contribution >= 4 is 16.7 Å². The molecular formula is C21H22FN5O. The molecule has 0 unspecified atom stereocenters. The van der Waals surface area contributed by atoms with Gasteiger partial charge in [-0.1, -0.05) is 0 Å². The molecular weight excluding hydrogens is 357 g/mol. The van der Waals surface area contributed by atoms with Crippen molar-refractivity contribution in [2.75, 3.05) is 11.9 Å². The van der Waals surface area contributed by atoms with Crippen molar-refractivity contribution in [3.05, 3.63) is 36.5 Å². The Bertz CT molecular complexity index is 1010. The molecule has 0 radical (unpaired) electrons. The van der Waals surface area contributed by atoms with E-state index in [1.54, 1.807) is 30.5 Å². The maximum absolute atomic E-state index is 14.9. The van der Waals surface area contributed by atoms with E-state index in [2.05, 4.69) is 20.4 Å². The first-order valence-electron chi connectivity index (χ1n) is 9.75. The number of anilines is 1. The molecule has 0 saturated heterocycles. The van der Waals surface area contributed by atoms with Crippen molar-refractivity contribution in [2.45, 2.75) is 37.9 Å². The molecule has 2 aliphatic rings. The van der Waals surface area contributed by atoms with Gasteiger partial charge >= 0.3 is 0 Å². The number of fused-ring (bicyclic) bond motifs is 3. The smallest absolute Gasteiger partial charge is 0.151 e. The summed E-state index contributed by atoms with van der Waals surface area (Å²) in [6.45, 7) is 0. The number of phenolic OH excluding ortho intramolecular Hbond substituents is 1. The van der Waals surface area contributed by atoms with E-state index < -0.39 is 6.17 Å². The average molecular weight is 379 g/mol. The molecule has 28 heavy (non-hydrogen) atoms. The Kier molecular flexibility index (Phi) is 4.10. The minimum atomic E-state index is -0.812. The fourth-order valence-electron chi connectivity index (χ4n) is 4.83. The van der Waals surface area contributed by atoms with Crippen LogP contribution in [0.3, 0.4) is 0 Å². The summed E-state index contributed by atoms with van der Waals surface area (Å²) in [5.74, 6) is 1.59. The molecule has 0 amide bonds. The molecule has 1 N–H and O–H groups in total. The Hall–Kier alpha value is -2.83. The Balaban J connectivity index is 1.42. The first-order valence-corrected chi connectivity index (χ1v) is 9.75. The summed E-state index contributed by atoms with van der Waals surface area (Å²) >= 11 is 0. The van der Waals surface area contributed by atoms with E-state index in [1.807, 2.05) is 18.0 Å². The van der Waals surface area contributed by atoms with Crippen LogP contribution in [0.25, 0.3) is 22.2 Å². The minimum Gasteiger partial charge on any atom is -0.507 e. The first-order chi connectivity index (χ1) is 13.6. The second-order valence-corrected chi connectivity index (χ2v) is 8.03. The van der Waals surface area contributed by atoms with Crippen LogP contribution in [0.5, 0.6) is 5.75 Å². The number of benzene rings is 1. The van der Waals surface area contributed by atoms with Crippen LogP contribution in [-0.2, 0) is 0 Å². The van der Waals surface area contributed by atoms with Gasteiger partial charge < -0.3 is 10.0 Å². The Labute approximate surface area is 162 Å². The second-order valence-electron chi connectivity index (χ2n) is 8.03. The summed E-state index contributed by atoms with van der Waals surface area (Å²) in [6.07, 6.45) is 4.83.